The molecule has 2 aromatic rings. The zero-order valence-electron chi connectivity index (χ0n) is 16.4. The first-order chi connectivity index (χ1) is 14.7. The molecule has 1 N–H and O–H groups in total. The quantitative estimate of drug-likeness (QED) is 0.405. The van der Waals surface area contributed by atoms with Gasteiger partial charge in [-0.15, -0.1) is 11.6 Å². The zero-order chi connectivity index (χ0) is 23.8. The third kappa shape index (κ3) is 10.7. The van der Waals surface area contributed by atoms with Crippen LogP contribution >= 0.6 is 43.5 Å². The summed E-state index contributed by atoms with van der Waals surface area (Å²) in [4.78, 5) is 22.3. The minimum Gasteiger partial charge on any atom is -0.507 e. The van der Waals surface area contributed by atoms with E-state index in [0.717, 1.165) is 8.95 Å². The van der Waals surface area contributed by atoms with E-state index in [-0.39, 0.29) is 23.8 Å². The highest BCUT2D eigenvalue weighted by Crippen LogP contribution is 2.24. The minimum atomic E-state index is -0.547. The number of methoxy groups -OCH3 is 2. The van der Waals surface area contributed by atoms with Crippen molar-refractivity contribution in [3.05, 3.63) is 56.5 Å². The lowest BCUT2D eigenvalue weighted by molar-refractivity contribution is 0.0587. The van der Waals surface area contributed by atoms with Crippen molar-refractivity contribution in [3.63, 3.8) is 0 Å². The van der Waals surface area contributed by atoms with Crippen LogP contribution in [0.25, 0.3) is 0 Å². The molecule has 0 bridgehead atoms. The van der Waals surface area contributed by atoms with Crippen molar-refractivity contribution in [2.45, 2.75) is 0 Å². The topological polar surface area (TPSA) is 130 Å². The van der Waals surface area contributed by atoms with E-state index in [9.17, 15) is 14.7 Å². The van der Waals surface area contributed by atoms with Gasteiger partial charge in [0.2, 0.25) is 0 Å². The lowest BCUT2D eigenvalue weighted by Gasteiger charge is -2.07. The van der Waals surface area contributed by atoms with E-state index < -0.39 is 11.9 Å². The number of nitrogens with zero attached hydrogens (tertiary/aromatic N) is 2. The van der Waals surface area contributed by atoms with Gasteiger partial charge in [-0.2, -0.15) is 10.5 Å². The van der Waals surface area contributed by atoms with Crippen LogP contribution in [0.4, 0.5) is 0 Å². The van der Waals surface area contributed by atoms with Crippen LogP contribution in [0.1, 0.15) is 20.7 Å². The second kappa shape index (κ2) is 16.0. The molecule has 0 spiro atoms. The van der Waals surface area contributed by atoms with Gasteiger partial charge in [0.1, 0.15) is 34.6 Å². The van der Waals surface area contributed by atoms with Crippen LogP contribution < -0.4 is 4.74 Å². The highest BCUT2D eigenvalue weighted by Gasteiger charge is 2.13. The summed E-state index contributed by atoms with van der Waals surface area (Å²) in [6.45, 7) is -0.106. The normalized spacial score (nSPS) is 8.74. The summed E-state index contributed by atoms with van der Waals surface area (Å²) < 4.78 is 15.6. The van der Waals surface area contributed by atoms with Crippen LogP contribution in [0.2, 0.25) is 0 Å². The largest absolute Gasteiger partial charge is 0.507 e. The highest BCUT2D eigenvalue weighted by atomic mass is 79.9. The number of alkyl halides is 1. The number of hydrogen-bond donors (Lipinski definition) is 1. The van der Waals surface area contributed by atoms with Crippen LogP contribution in [0, 0.1) is 22.7 Å². The summed E-state index contributed by atoms with van der Waals surface area (Å²) in [7, 11) is 2.56. The van der Waals surface area contributed by atoms with Crippen molar-refractivity contribution in [1.29, 1.82) is 10.5 Å². The Balaban J connectivity index is 0.000000504. The van der Waals surface area contributed by atoms with E-state index in [1.54, 1.807) is 30.3 Å². The van der Waals surface area contributed by atoms with Crippen LogP contribution in [-0.2, 0) is 9.47 Å². The maximum absolute atomic E-state index is 11.3. The van der Waals surface area contributed by atoms with Gasteiger partial charge in [0.05, 0.1) is 20.3 Å². The van der Waals surface area contributed by atoms with Gasteiger partial charge in [-0.25, -0.2) is 9.59 Å². The molecule has 0 aliphatic rings. The molecule has 164 valence electrons. The molecule has 8 nitrogen and oxygen atoms in total. The summed E-state index contributed by atoms with van der Waals surface area (Å²) in [6.07, 6.45) is 0. The molecule has 0 amide bonds. The molecule has 11 heteroatoms. The number of benzene rings is 2. The first-order valence-electron chi connectivity index (χ1n) is 8.13. The molecule has 0 aromatic heterocycles. The fourth-order valence-corrected chi connectivity index (χ4v) is 2.51. The Kier molecular flexibility index (Phi) is 14.5. The van der Waals surface area contributed by atoms with Crippen LogP contribution in [0.15, 0.2) is 45.3 Å². The second-order valence-electron chi connectivity index (χ2n) is 5.02. The molecule has 0 heterocycles. The van der Waals surface area contributed by atoms with Crippen molar-refractivity contribution >= 4 is 55.4 Å². The molecule has 0 unspecified atom stereocenters. The lowest BCUT2D eigenvalue weighted by atomic mass is 10.2. The van der Waals surface area contributed by atoms with Gasteiger partial charge in [0.15, 0.2) is 6.61 Å². The number of hydrogen-bond acceptors (Lipinski definition) is 8. The molecular formula is C20H17Br2ClN2O6. The fourth-order valence-electron chi connectivity index (χ4n) is 1.79. The van der Waals surface area contributed by atoms with Gasteiger partial charge in [0.25, 0.3) is 0 Å². The third-order valence-corrected chi connectivity index (χ3v) is 4.17. The van der Waals surface area contributed by atoms with E-state index in [1.165, 1.54) is 26.4 Å². The van der Waals surface area contributed by atoms with Gasteiger partial charge < -0.3 is 19.3 Å². The first kappa shape index (κ1) is 28.2. The standard InChI is InChI=1S/C10H8BrNO3.C8H7BrO3.C2H2ClN/c1-14-10(13)8-6-7(11)2-3-9(8)15-5-4-12;1-12-8(11)6-4-5(9)2-3-7(6)10;3-1-2-4/h2-3,6H,5H2,1H3;2-4,10H,1H3;1H2. The number of nitriles is 2. The molecule has 0 fully saturated rings. The Morgan fingerprint density at radius 2 is 1.45 bits per heavy atom. The van der Waals surface area contributed by atoms with Crippen molar-refractivity contribution in [2.75, 3.05) is 26.7 Å². The number of carbonyl (C=O) groups is 2. The number of phenolic OH excluding ortho intramolecular Hbond substituents is 1. The molecule has 31 heavy (non-hydrogen) atoms. The Bertz CT molecular complexity index is 973. The SMILES string of the molecule is COC(=O)c1cc(Br)ccc1O.COC(=O)c1cc(Br)ccc1OCC#N.N#CCCl. The summed E-state index contributed by atoms with van der Waals surface area (Å²) in [5.41, 5.74) is 0.453. The lowest BCUT2D eigenvalue weighted by Crippen LogP contribution is -2.05. The van der Waals surface area contributed by atoms with E-state index >= 15 is 0 Å². The predicted octanol–water partition coefficient (Wildman–Crippen LogP) is 4.83. The van der Waals surface area contributed by atoms with E-state index in [1.807, 2.05) is 6.07 Å². The third-order valence-electron chi connectivity index (χ3n) is 3.06. The Hall–Kier alpha value is -2.79. The van der Waals surface area contributed by atoms with Gasteiger partial charge in [-0.1, -0.05) is 31.9 Å². The van der Waals surface area contributed by atoms with Gasteiger partial charge in [-0.05, 0) is 36.4 Å². The van der Waals surface area contributed by atoms with Crippen molar-refractivity contribution in [1.82, 2.24) is 0 Å². The molecule has 0 atom stereocenters. The molecule has 0 radical (unpaired) electrons. The van der Waals surface area contributed by atoms with E-state index in [0.29, 0.717) is 11.3 Å². The average molecular weight is 577 g/mol. The summed E-state index contributed by atoms with van der Waals surface area (Å²) >= 11 is 11.2. The van der Waals surface area contributed by atoms with Gasteiger partial charge in [-0.3, -0.25) is 0 Å². The molecule has 2 aromatic carbocycles. The number of phenols is 1. The zero-order valence-corrected chi connectivity index (χ0v) is 20.3. The number of rotatable bonds is 4. The number of aromatic hydroxyl groups is 1. The molecule has 2 rings (SSSR count). The van der Waals surface area contributed by atoms with E-state index in [2.05, 4.69) is 41.3 Å². The molecule has 0 saturated carbocycles. The molecular weight excluding hydrogens is 559 g/mol. The molecule has 0 aliphatic heterocycles. The van der Waals surface area contributed by atoms with Crippen LogP contribution in [0.5, 0.6) is 11.5 Å². The molecule has 0 saturated heterocycles. The number of ether oxygens (including phenoxy) is 3. The van der Waals surface area contributed by atoms with Gasteiger partial charge >= 0.3 is 11.9 Å². The first-order valence-corrected chi connectivity index (χ1v) is 10.2. The minimum absolute atomic E-state index is 0.0787. The van der Waals surface area contributed by atoms with Crippen LogP contribution in [0.3, 0.4) is 0 Å². The summed E-state index contributed by atoms with van der Waals surface area (Å²) in [5, 5.41) is 25.1. The maximum Gasteiger partial charge on any atom is 0.341 e. The maximum atomic E-state index is 11.3. The number of halogens is 3. The van der Waals surface area contributed by atoms with E-state index in [4.69, 9.17) is 26.9 Å². The van der Waals surface area contributed by atoms with Crippen molar-refractivity contribution in [3.8, 4) is 23.6 Å². The second-order valence-corrected chi connectivity index (χ2v) is 7.12. The predicted molar refractivity (Wildman–Crippen MR) is 120 cm³/mol. The summed E-state index contributed by atoms with van der Waals surface area (Å²) in [5.74, 6) is -0.685. The Morgan fingerprint density at radius 1 is 0.968 bits per heavy atom. The Labute approximate surface area is 201 Å². The number of carbonyl (C=O) groups excluding carboxylic acids is 2. The summed E-state index contributed by atoms with van der Waals surface area (Å²) in [6, 6.07) is 13.0. The fraction of sp³-hybridized carbons (Fsp3) is 0.200. The smallest absolute Gasteiger partial charge is 0.341 e. The Morgan fingerprint density at radius 3 is 1.94 bits per heavy atom. The number of esters is 2. The monoisotopic (exact) mass is 574 g/mol. The van der Waals surface area contributed by atoms with Crippen molar-refractivity contribution in [2.24, 2.45) is 0 Å². The van der Waals surface area contributed by atoms with Crippen LogP contribution in [-0.4, -0.2) is 43.8 Å². The highest BCUT2D eigenvalue weighted by molar-refractivity contribution is 9.10. The van der Waals surface area contributed by atoms with Crippen molar-refractivity contribution < 1.29 is 28.9 Å². The molecule has 0 aliphatic carbocycles. The average Bonchev–Trinajstić information content (AvgIpc) is 2.79. The van der Waals surface area contributed by atoms with Gasteiger partial charge in [0, 0.05) is 8.95 Å².